The van der Waals surface area contributed by atoms with E-state index in [1.807, 2.05) is 0 Å². The monoisotopic (exact) mass is 770 g/mol. The molecule has 2 bridgehead atoms. The Morgan fingerprint density at radius 2 is 1.70 bits per heavy atom. The van der Waals surface area contributed by atoms with Crippen LogP contribution in [-0.2, 0) is 57.1 Å². The highest BCUT2D eigenvalue weighted by Crippen LogP contribution is 2.72. The van der Waals surface area contributed by atoms with Gasteiger partial charge in [-0.2, -0.15) is 0 Å². The number of ether oxygens (including phenoxy) is 7. The number of allylic oxidation sites excluding steroid dienone is 2. The van der Waals surface area contributed by atoms with Crippen LogP contribution in [0.25, 0.3) is 0 Å². The molecule has 0 radical (unpaired) electrons. The highest BCUT2D eigenvalue weighted by atomic mass is 16.7. The zero-order chi connectivity index (χ0) is 40.0. The van der Waals surface area contributed by atoms with Crippen LogP contribution in [0.5, 0.6) is 0 Å². The Bertz CT molecular complexity index is 1590. The number of hydrogen-bond acceptors (Lipinski definition) is 18. The second kappa shape index (κ2) is 13.8. The van der Waals surface area contributed by atoms with Gasteiger partial charge in [-0.3, -0.25) is 14.4 Å². The van der Waals surface area contributed by atoms with Gasteiger partial charge in [0.2, 0.25) is 18.0 Å². The zero-order valence-electron chi connectivity index (χ0n) is 31.1. The van der Waals surface area contributed by atoms with Crippen LogP contribution in [0.3, 0.4) is 0 Å². The van der Waals surface area contributed by atoms with Gasteiger partial charge in [0.1, 0.15) is 42.2 Å². The molecule has 0 amide bonds. The average molecular weight is 771 g/mol. The molecule has 2 saturated carbocycles. The van der Waals surface area contributed by atoms with Crippen LogP contribution in [0, 0.1) is 40.4 Å². The van der Waals surface area contributed by atoms with Gasteiger partial charge in [0.25, 0.3) is 0 Å². The molecule has 18 nitrogen and oxygen atoms in total. The standard InChI is InChI=1S/C36H50O18/c1-13(33(4,5)54-15(3)38)8-20(39)53-26-28-35-12-49-36(28,32(47)48-7)29(45)25(44)27(35)34(6)10-17(21(40)14(2)16(34)9-19(35)52-30(26)46)50-31-24(43)23(42)22(41)18(11-37)51-31/h10,13-14,16,18-19,22-29,31,37,41-45H,8-9,11-12H2,1-7H3/t13-,14-,16-,18+,19+,22+,23-,24+,25+,26+,27+,28+,29-,31+,34-,35+,36-/m0/s1. The number of carbonyl (C=O) groups excluding carboxylic acids is 5. The number of fused-ring (bicyclic) bond motifs is 2. The van der Waals surface area contributed by atoms with Crippen LogP contribution in [-0.4, -0.2) is 147 Å². The molecule has 1 spiro atoms. The predicted molar refractivity (Wildman–Crippen MR) is 175 cm³/mol. The van der Waals surface area contributed by atoms with E-state index in [9.17, 15) is 54.6 Å². The van der Waals surface area contributed by atoms with Crippen molar-refractivity contribution >= 4 is 29.7 Å². The summed E-state index contributed by atoms with van der Waals surface area (Å²) in [5.41, 5.74) is -6.39. The maximum atomic E-state index is 13.9. The summed E-state index contributed by atoms with van der Waals surface area (Å²) in [5, 5.41) is 65.1. The fraction of sp³-hybridized carbons (Fsp3) is 0.806. The lowest BCUT2D eigenvalue weighted by Crippen LogP contribution is -2.79. The molecular weight excluding hydrogens is 720 g/mol. The Morgan fingerprint density at radius 3 is 2.31 bits per heavy atom. The number of aliphatic hydroxyl groups is 6. The van der Waals surface area contributed by atoms with E-state index in [0.717, 1.165) is 7.11 Å². The summed E-state index contributed by atoms with van der Waals surface area (Å²) in [6.07, 6.45) is -14.1. The number of methoxy groups -OCH3 is 1. The van der Waals surface area contributed by atoms with E-state index in [1.54, 1.807) is 34.6 Å². The van der Waals surface area contributed by atoms with Crippen molar-refractivity contribution in [3.05, 3.63) is 11.8 Å². The van der Waals surface area contributed by atoms with Crippen LogP contribution in [0.15, 0.2) is 11.8 Å². The second-order valence-corrected chi connectivity index (χ2v) is 16.4. The van der Waals surface area contributed by atoms with Crippen LogP contribution in [0.2, 0.25) is 0 Å². The van der Waals surface area contributed by atoms with Crippen molar-refractivity contribution in [3.8, 4) is 0 Å². The Kier molecular flexibility index (Phi) is 10.3. The van der Waals surface area contributed by atoms with Gasteiger partial charge in [-0.05, 0) is 37.7 Å². The zero-order valence-corrected chi connectivity index (χ0v) is 31.1. The summed E-state index contributed by atoms with van der Waals surface area (Å²) < 4.78 is 39.9. The average Bonchev–Trinajstić information content (AvgIpc) is 3.41. The van der Waals surface area contributed by atoms with Gasteiger partial charge < -0.3 is 63.8 Å². The van der Waals surface area contributed by atoms with E-state index in [0.29, 0.717) is 0 Å². The lowest BCUT2D eigenvalue weighted by molar-refractivity contribution is -0.296. The fourth-order valence-corrected chi connectivity index (χ4v) is 10.3. The molecule has 17 atom stereocenters. The van der Waals surface area contributed by atoms with Gasteiger partial charge in [0.15, 0.2) is 11.5 Å². The van der Waals surface area contributed by atoms with Gasteiger partial charge in [-0.1, -0.05) is 20.8 Å². The summed E-state index contributed by atoms with van der Waals surface area (Å²) >= 11 is 0. The lowest BCUT2D eigenvalue weighted by Gasteiger charge is -2.67. The van der Waals surface area contributed by atoms with Crippen molar-refractivity contribution in [2.45, 2.75) is 121 Å². The second-order valence-electron chi connectivity index (χ2n) is 16.4. The van der Waals surface area contributed by atoms with Crippen LogP contribution in [0.4, 0.5) is 0 Å². The molecule has 6 aliphatic rings. The topological polar surface area (TPSA) is 271 Å². The molecule has 0 aromatic heterocycles. The van der Waals surface area contributed by atoms with Crippen molar-refractivity contribution in [1.82, 2.24) is 0 Å². The molecule has 302 valence electrons. The highest BCUT2D eigenvalue weighted by molar-refractivity contribution is 5.97. The third kappa shape index (κ3) is 5.70. The quantitative estimate of drug-likeness (QED) is 0.110. The van der Waals surface area contributed by atoms with Crippen molar-refractivity contribution in [2.24, 2.45) is 40.4 Å². The fourth-order valence-electron chi connectivity index (χ4n) is 10.3. The first kappa shape index (κ1) is 40.4. The Labute approximate surface area is 310 Å². The molecule has 54 heavy (non-hydrogen) atoms. The first-order valence-electron chi connectivity index (χ1n) is 18.1. The molecular formula is C36H50O18. The number of esters is 4. The molecule has 3 aliphatic carbocycles. The molecule has 6 rings (SSSR count). The van der Waals surface area contributed by atoms with Crippen LogP contribution >= 0.6 is 0 Å². The van der Waals surface area contributed by atoms with Gasteiger partial charge in [0, 0.05) is 30.1 Å². The maximum absolute atomic E-state index is 13.9. The molecule has 3 heterocycles. The molecule has 0 aromatic rings. The Balaban J connectivity index is 1.42. The first-order chi connectivity index (χ1) is 25.1. The molecule has 5 fully saturated rings. The minimum atomic E-state index is -2.41. The van der Waals surface area contributed by atoms with Gasteiger partial charge in [0.05, 0.1) is 38.8 Å². The number of ketones is 1. The van der Waals surface area contributed by atoms with Gasteiger partial charge in [-0.25, -0.2) is 9.59 Å². The summed E-state index contributed by atoms with van der Waals surface area (Å²) in [4.78, 5) is 66.9. The van der Waals surface area contributed by atoms with Crippen molar-refractivity contribution in [1.29, 1.82) is 0 Å². The highest BCUT2D eigenvalue weighted by Gasteiger charge is 2.85. The number of carbonyl (C=O) groups is 5. The number of Topliss-reactive ketones (excluding diaryl/α,β-unsaturated/α-hetero) is 1. The van der Waals surface area contributed by atoms with E-state index in [2.05, 4.69) is 0 Å². The first-order valence-corrected chi connectivity index (χ1v) is 18.1. The third-order valence-corrected chi connectivity index (χ3v) is 13.2. The van der Waals surface area contributed by atoms with Crippen LogP contribution < -0.4 is 0 Å². The molecule has 0 aromatic carbocycles. The molecule has 3 aliphatic heterocycles. The lowest BCUT2D eigenvalue weighted by atomic mass is 9.38. The summed E-state index contributed by atoms with van der Waals surface area (Å²) in [6, 6.07) is 0. The third-order valence-electron chi connectivity index (χ3n) is 13.2. The minimum absolute atomic E-state index is 0.00365. The van der Waals surface area contributed by atoms with Crippen molar-refractivity contribution < 1.29 is 87.8 Å². The Morgan fingerprint density at radius 1 is 1.04 bits per heavy atom. The summed E-state index contributed by atoms with van der Waals surface area (Å²) in [6.45, 7) is 8.23. The predicted octanol–water partition coefficient (Wildman–Crippen LogP) is -1.97. The number of rotatable bonds is 9. The minimum Gasteiger partial charge on any atom is -0.467 e. The molecule has 3 saturated heterocycles. The smallest absolute Gasteiger partial charge is 0.348 e. The summed E-state index contributed by atoms with van der Waals surface area (Å²) in [5.74, 6) is -9.41. The Hall–Kier alpha value is -3.23. The van der Waals surface area contributed by atoms with E-state index in [1.165, 1.54) is 13.0 Å². The van der Waals surface area contributed by atoms with Crippen LogP contribution in [0.1, 0.15) is 54.4 Å². The SMILES string of the molecule is COC(=O)[C@@]12OC[C@]34[C@H]([C@@H](O)[C@@H]1O)[C@@]1(C)C=C(O[C@@H]5O[C@H](CO)[C@@H](O)[C@H](O)[C@H]5O)C(=O)[C@@H](C)[C@@H]1C[C@H]3OC(=O)[C@H](OC(=O)C[C@H](C)C(C)(C)OC(C)=O)[C@@H]24. The van der Waals surface area contributed by atoms with E-state index in [4.69, 9.17) is 33.2 Å². The van der Waals surface area contributed by atoms with E-state index in [-0.39, 0.29) is 25.2 Å². The van der Waals surface area contributed by atoms with E-state index >= 15 is 0 Å². The molecule has 6 N–H and O–H groups in total. The normalized spacial score (nSPS) is 45.9. The maximum Gasteiger partial charge on any atom is 0.348 e. The van der Waals surface area contributed by atoms with Gasteiger partial charge >= 0.3 is 23.9 Å². The van der Waals surface area contributed by atoms with Crippen molar-refractivity contribution in [3.63, 3.8) is 0 Å². The number of hydrogen-bond donors (Lipinski definition) is 6. The summed E-state index contributed by atoms with van der Waals surface area (Å²) in [7, 11) is 1.03. The molecule has 18 heteroatoms. The van der Waals surface area contributed by atoms with E-state index < -0.39 is 143 Å². The van der Waals surface area contributed by atoms with Gasteiger partial charge in [-0.15, -0.1) is 0 Å². The molecule has 0 unspecified atom stereocenters. The van der Waals surface area contributed by atoms with Crippen molar-refractivity contribution in [2.75, 3.05) is 20.3 Å². The number of aliphatic hydroxyl groups excluding tert-OH is 6. The largest absolute Gasteiger partial charge is 0.467 e.